The van der Waals surface area contributed by atoms with Crippen LogP contribution in [0.1, 0.15) is 37.2 Å². The van der Waals surface area contributed by atoms with Gasteiger partial charge in [0.1, 0.15) is 0 Å². The highest BCUT2D eigenvalue weighted by Gasteiger charge is 2.47. The van der Waals surface area contributed by atoms with Crippen molar-refractivity contribution in [3.05, 3.63) is 72.3 Å². The van der Waals surface area contributed by atoms with Gasteiger partial charge in [-0.05, 0) is 55.8 Å². The summed E-state index contributed by atoms with van der Waals surface area (Å²) in [4.78, 5) is 7.76. The molecule has 3 unspecified atom stereocenters. The number of hydrogen-bond acceptors (Lipinski definition) is 8. The Morgan fingerprint density at radius 2 is 1.40 bits per heavy atom. The molecule has 0 saturated carbocycles. The maximum atomic E-state index is 15.6. The standard InChI is InChI=1S/C31H32F2N6O4S2/c32-22-16-34-13-18-2-1-3-28(30(18)22)44(40,41)39-11-8-25-27(39)12-19(14-37-25)20-4-5-29(31-21(20)15-35-17-23(31)33)45(42,43)38-10-7-24-26(38)6-9-36-24/h1-5,13,15-17,19,24-27,36-37H,6-12,14H2/t19?,24-,25?,26-,27?/m0/s1. The maximum Gasteiger partial charge on any atom is 0.244 e. The van der Waals surface area contributed by atoms with Crippen molar-refractivity contribution in [2.75, 3.05) is 26.2 Å². The number of halogens is 2. The van der Waals surface area contributed by atoms with Crippen LogP contribution in [0.2, 0.25) is 0 Å². The molecular formula is C31H32F2N6O4S2. The molecule has 10 nitrogen and oxygen atoms in total. The van der Waals surface area contributed by atoms with Gasteiger partial charge in [0.2, 0.25) is 20.0 Å². The molecule has 4 aliphatic heterocycles. The number of rotatable bonds is 5. The SMILES string of the molecule is O=S(=O)(c1cccc2cncc(F)c12)N1CCC2NCC(c3ccc(S(=O)(=O)N4CC[C@@H]5NCC[C@@H]54)c4c(F)cncc34)CC21. The Kier molecular flexibility index (Phi) is 6.97. The molecular weight excluding hydrogens is 623 g/mol. The van der Waals surface area contributed by atoms with E-state index in [9.17, 15) is 21.2 Å². The quantitative estimate of drug-likeness (QED) is 0.337. The second-order valence-corrected chi connectivity index (χ2v) is 16.1. The maximum absolute atomic E-state index is 15.6. The second kappa shape index (κ2) is 10.7. The van der Waals surface area contributed by atoms with Crippen LogP contribution in [0.5, 0.6) is 0 Å². The van der Waals surface area contributed by atoms with E-state index in [0.717, 1.165) is 18.9 Å². The number of aromatic nitrogens is 2. The van der Waals surface area contributed by atoms with Crippen molar-refractivity contribution in [3.63, 3.8) is 0 Å². The molecule has 5 atom stereocenters. The Hall–Kier alpha value is -3.14. The Balaban J connectivity index is 1.16. The number of piperidine rings is 1. The van der Waals surface area contributed by atoms with Crippen LogP contribution < -0.4 is 10.6 Å². The molecule has 0 radical (unpaired) electrons. The summed E-state index contributed by atoms with van der Waals surface area (Å²) in [5.74, 6) is -1.67. The zero-order valence-electron chi connectivity index (χ0n) is 24.2. The highest BCUT2D eigenvalue weighted by molar-refractivity contribution is 7.89. The molecule has 8 rings (SSSR count). The molecule has 0 amide bonds. The van der Waals surface area contributed by atoms with E-state index in [1.807, 2.05) is 0 Å². The fourth-order valence-corrected chi connectivity index (χ4v) is 11.9. The van der Waals surface area contributed by atoms with Crippen molar-refractivity contribution >= 4 is 41.6 Å². The zero-order chi connectivity index (χ0) is 31.1. The molecule has 4 aromatic rings. The number of benzene rings is 2. The summed E-state index contributed by atoms with van der Waals surface area (Å²) in [5, 5.41) is 7.67. The minimum Gasteiger partial charge on any atom is -0.312 e. The average Bonchev–Trinajstić information content (AvgIpc) is 3.77. The molecule has 4 saturated heterocycles. The van der Waals surface area contributed by atoms with Crippen molar-refractivity contribution < 1.29 is 25.6 Å². The van der Waals surface area contributed by atoms with E-state index >= 15 is 4.39 Å². The summed E-state index contributed by atoms with van der Waals surface area (Å²) in [5.41, 5.74) is 0.704. The lowest BCUT2D eigenvalue weighted by Crippen LogP contribution is -2.51. The van der Waals surface area contributed by atoms with Crippen LogP contribution in [0.4, 0.5) is 8.78 Å². The first-order chi connectivity index (χ1) is 21.7. The summed E-state index contributed by atoms with van der Waals surface area (Å²) in [7, 11) is -8.09. The largest absolute Gasteiger partial charge is 0.312 e. The summed E-state index contributed by atoms with van der Waals surface area (Å²) >= 11 is 0. The number of sulfonamides is 2. The molecule has 0 aliphatic carbocycles. The minimum absolute atomic E-state index is 0.00905. The first-order valence-electron chi connectivity index (χ1n) is 15.2. The van der Waals surface area contributed by atoms with Crippen molar-refractivity contribution in [1.82, 2.24) is 29.2 Å². The van der Waals surface area contributed by atoms with E-state index in [4.69, 9.17) is 0 Å². The van der Waals surface area contributed by atoms with Gasteiger partial charge in [-0.3, -0.25) is 9.97 Å². The van der Waals surface area contributed by atoms with E-state index in [1.54, 1.807) is 18.2 Å². The number of nitrogens with zero attached hydrogens (tertiary/aromatic N) is 4. The van der Waals surface area contributed by atoms with E-state index in [-0.39, 0.29) is 51.2 Å². The number of nitrogens with one attached hydrogen (secondary N) is 2. The van der Waals surface area contributed by atoms with Gasteiger partial charge in [-0.25, -0.2) is 25.6 Å². The molecule has 2 aromatic carbocycles. The lowest BCUT2D eigenvalue weighted by Gasteiger charge is -2.37. The highest BCUT2D eigenvalue weighted by Crippen LogP contribution is 2.42. The van der Waals surface area contributed by atoms with Crippen molar-refractivity contribution in [3.8, 4) is 0 Å². The van der Waals surface area contributed by atoms with Crippen LogP contribution in [0.15, 0.2) is 64.9 Å². The second-order valence-electron chi connectivity index (χ2n) is 12.4. The number of pyridine rings is 2. The molecule has 14 heteroatoms. The fourth-order valence-electron chi connectivity index (χ4n) is 8.11. The first kappa shape index (κ1) is 29.3. The molecule has 0 bridgehead atoms. The van der Waals surface area contributed by atoms with Gasteiger partial charge >= 0.3 is 0 Å². The Bertz CT molecular complexity index is 2060. The van der Waals surface area contributed by atoms with Gasteiger partial charge in [0, 0.05) is 77.7 Å². The van der Waals surface area contributed by atoms with Gasteiger partial charge < -0.3 is 10.6 Å². The summed E-state index contributed by atoms with van der Waals surface area (Å²) < 4.78 is 89.6. The summed E-state index contributed by atoms with van der Waals surface area (Å²) in [6, 6.07) is 7.25. The number of hydrogen-bond donors (Lipinski definition) is 2. The van der Waals surface area contributed by atoms with Gasteiger partial charge in [-0.1, -0.05) is 18.2 Å². The van der Waals surface area contributed by atoms with Crippen LogP contribution in [0, 0.1) is 11.6 Å². The van der Waals surface area contributed by atoms with Crippen molar-refractivity contribution in [2.24, 2.45) is 0 Å². The van der Waals surface area contributed by atoms with E-state index in [1.165, 1.54) is 33.1 Å². The fraction of sp³-hybridized carbons (Fsp3) is 0.419. The topological polar surface area (TPSA) is 125 Å². The summed E-state index contributed by atoms with van der Waals surface area (Å²) in [6.45, 7) is 1.89. The summed E-state index contributed by atoms with van der Waals surface area (Å²) in [6.07, 6.45) is 7.42. The van der Waals surface area contributed by atoms with Crippen LogP contribution in [0.25, 0.3) is 21.5 Å². The van der Waals surface area contributed by atoms with E-state index < -0.39 is 37.7 Å². The minimum atomic E-state index is -4.09. The Morgan fingerprint density at radius 1 is 0.733 bits per heavy atom. The van der Waals surface area contributed by atoms with Gasteiger partial charge in [0.25, 0.3) is 0 Å². The van der Waals surface area contributed by atoms with Gasteiger partial charge in [-0.15, -0.1) is 0 Å². The van der Waals surface area contributed by atoms with Crippen molar-refractivity contribution in [1.29, 1.82) is 0 Å². The molecule has 2 N–H and O–H groups in total. The van der Waals surface area contributed by atoms with E-state index in [2.05, 4.69) is 20.6 Å². The third-order valence-electron chi connectivity index (χ3n) is 10.2. The Labute approximate surface area is 259 Å². The van der Waals surface area contributed by atoms with Gasteiger partial charge in [0.05, 0.1) is 22.2 Å². The smallest absolute Gasteiger partial charge is 0.244 e. The normalized spacial score (nSPS) is 27.7. The number of fused-ring (bicyclic) bond motifs is 4. The van der Waals surface area contributed by atoms with Crippen molar-refractivity contribution in [2.45, 2.75) is 65.6 Å². The van der Waals surface area contributed by atoms with Crippen LogP contribution in [0.3, 0.4) is 0 Å². The molecule has 6 heterocycles. The predicted molar refractivity (Wildman–Crippen MR) is 164 cm³/mol. The third kappa shape index (κ3) is 4.52. The highest BCUT2D eigenvalue weighted by atomic mass is 32.2. The first-order valence-corrected chi connectivity index (χ1v) is 18.1. The monoisotopic (exact) mass is 654 g/mol. The molecule has 0 spiro atoms. The average molecular weight is 655 g/mol. The van der Waals surface area contributed by atoms with Gasteiger partial charge in [0.15, 0.2) is 11.6 Å². The molecule has 4 aliphatic rings. The molecule has 236 valence electrons. The molecule has 4 fully saturated rings. The van der Waals surface area contributed by atoms with Crippen LogP contribution >= 0.6 is 0 Å². The predicted octanol–water partition coefficient (Wildman–Crippen LogP) is 3.09. The molecule has 2 aromatic heterocycles. The van der Waals surface area contributed by atoms with Crippen LogP contribution in [-0.4, -0.2) is 85.8 Å². The zero-order valence-corrected chi connectivity index (χ0v) is 25.9. The van der Waals surface area contributed by atoms with Crippen LogP contribution in [-0.2, 0) is 20.0 Å². The molecule has 45 heavy (non-hydrogen) atoms. The lowest BCUT2D eigenvalue weighted by atomic mass is 9.84. The third-order valence-corrected chi connectivity index (χ3v) is 14.1. The Morgan fingerprint density at radius 3 is 2.18 bits per heavy atom. The van der Waals surface area contributed by atoms with E-state index in [0.29, 0.717) is 55.1 Å². The van der Waals surface area contributed by atoms with Gasteiger partial charge in [-0.2, -0.15) is 8.61 Å². The lowest BCUT2D eigenvalue weighted by molar-refractivity contribution is 0.268.